The molecule has 0 aromatic rings. The second-order valence-corrected chi connectivity index (χ2v) is 2.99. The van der Waals surface area contributed by atoms with E-state index >= 15 is 0 Å². The summed E-state index contributed by atoms with van der Waals surface area (Å²) >= 11 is 0. The zero-order valence-corrected chi connectivity index (χ0v) is 6.26. The second kappa shape index (κ2) is 3.30. The highest BCUT2D eigenvalue weighted by Gasteiger charge is 2.21. The van der Waals surface area contributed by atoms with Crippen LogP contribution in [0.2, 0.25) is 0 Å². The van der Waals surface area contributed by atoms with Gasteiger partial charge in [-0.3, -0.25) is 4.90 Å². The molecule has 2 atom stereocenters. The van der Waals surface area contributed by atoms with Gasteiger partial charge < -0.3 is 5.11 Å². The fourth-order valence-corrected chi connectivity index (χ4v) is 1.32. The van der Waals surface area contributed by atoms with E-state index in [1.54, 1.807) is 6.92 Å². The van der Waals surface area contributed by atoms with Gasteiger partial charge >= 0.3 is 0 Å². The summed E-state index contributed by atoms with van der Waals surface area (Å²) in [6, 6.07) is 0. The van der Waals surface area contributed by atoms with Crippen LogP contribution < -0.4 is 0 Å². The topological polar surface area (TPSA) is 23.5 Å². The molecule has 1 saturated heterocycles. The average molecular weight is 147 g/mol. The first-order valence-corrected chi connectivity index (χ1v) is 3.73. The number of hydrogen-bond acceptors (Lipinski definition) is 2. The number of aliphatic hydroxyl groups is 1. The van der Waals surface area contributed by atoms with Crippen LogP contribution in [0.5, 0.6) is 0 Å². The van der Waals surface area contributed by atoms with E-state index in [1.807, 2.05) is 4.90 Å². The fraction of sp³-hybridized carbons (Fsp3) is 1.00. The molecule has 0 amide bonds. The first-order valence-electron chi connectivity index (χ1n) is 3.73. The van der Waals surface area contributed by atoms with Crippen molar-refractivity contribution in [3.05, 3.63) is 0 Å². The molecular formula is C7H14FNO. The smallest absolute Gasteiger partial charge is 0.114 e. The van der Waals surface area contributed by atoms with E-state index in [9.17, 15) is 4.39 Å². The predicted molar refractivity (Wildman–Crippen MR) is 37.6 cm³/mol. The van der Waals surface area contributed by atoms with E-state index in [0.717, 1.165) is 6.54 Å². The average Bonchev–Trinajstić information content (AvgIpc) is 2.13. The Kier molecular flexibility index (Phi) is 2.63. The molecule has 3 heteroatoms. The van der Waals surface area contributed by atoms with E-state index in [2.05, 4.69) is 0 Å². The van der Waals surface area contributed by atoms with Crippen molar-refractivity contribution in [2.75, 3.05) is 19.6 Å². The molecule has 0 bridgehead atoms. The van der Waals surface area contributed by atoms with E-state index < -0.39 is 6.17 Å². The molecule has 1 N–H and O–H groups in total. The third-order valence-corrected chi connectivity index (χ3v) is 1.74. The molecule has 0 radical (unpaired) electrons. The number of hydrogen-bond donors (Lipinski definition) is 1. The summed E-state index contributed by atoms with van der Waals surface area (Å²) in [6.07, 6.45) is -0.365. The van der Waals surface area contributed by atoms with Crippen LogP contribution in [0.25, 0.3) is 0 Å². The Balaban J connectivity index is 2.18. The molecule has 1 aliphatic heterocycles. The third kappa shape index (κ3) is 2.23. The van der Waals surface area contributed by atoms with Crippen LogP contribution in [0.15, 0.2) is 0 Å². The second-order valence-electron chi connectivity index (χ2n) is 2.99. The molecule has 0 saturated carbocycles. The molecule has 1 aliphatic rings. The van der Waals surface area contributed by atoms with Gasteiger partial charge in [-0.2, -0.15) is 0 Å². The number of halogens is 1. The molecule has 1 fully saturated rings. The summed E-state index contributed by atoms with van der Waals surface area (Å²) in [4.78, 5) is 1.95. The normalized spacial score (nSPS) is 30.9. The van der Waals surface area contributed by atoms with Crippen LogP contribution in [0.1, 0.15) is 13.3 Å². The largest absolute Gasteiger partial charge is 0.392 e. The SMILES string of the molecule is C[C@H](O)CN1CC[C@@H](F)C1. The van der Waals surface area contributed by atoms with Crippen LogP contribution in [-0.4, -0.2) is 41.9 Å². The van der Waals surface area contributed by atoms with Crippen molar-refractivity contribution < 1.29 is 9.50 Å². The van der Waals surface area contributed by atoms with E-state index in [1.165, 1.54) is 0 Å². The maximum Gasteiger partial charge on any atom is 0.114 e. The van der Waals surface area contributed by atoms with Crippen LogP contribution in [-0.2, 0) is 0 Å². The molecule has 0 aromatic carbocycles. The molecule has 0 unspecified atom stereocenters. The fourth-order valence-electron chi connectivity index (χ4n) is 1.32. The summed E-state index contributed by atoms with van der Waals surface area (Å²) in [6.45, 7) is 3.64. The van der Waals surface area contributed by atoms with Gasteiger partial charge in [-0.15, -0.1) is 0 Å². The lowest BCUT2D eigenvalue weighted by atomic mass is 10.3. The Hall–Kier alpha value is -0.150. The number of rotatable bonds is 2. The van der Waals surface area contributed by atoms with Gasteiger partial charge in [0.2, 0.25) is 0 Å². The number of nitrogens with zero attached hydrogens (tertiary/aromatic N) is 1. The minimum absolute atomic E-state index is 0.328. The van der Waals surface area contributed by atoms with Crippen LogP contribution in [0, 0.1) is 0 Å². The number of aliphatic hydroxyl groups excluding tert-OH is 1. The monoisotopic (exact) mass is 147 g/mol. The molecule has 2 nitrogen and oxygen atoms in total. The lowest BCUT2D eigenvalue weighted by molar-refractivity contribution is 0.136. The molecule has 0 aliphatic carbocycles. The number of alkyl halides is 1. The Labute approximate surface area is 60.6 Å². The van der Waals surface area contributed by atoms with Crippen molar-refractivity contribution in [3.63, 3.8) is 0 Å². The highest BCUT2D eigenvalue weighted by molar-refractivity contribution is 4.75. The van der Waals surface area contributed by atoms with Gasteiger partial charge in [0.25, 0.3) is 0 Å². The standard InChI is InChI=1S/C7H14FNO/c1-6(10)4-9-3-2-7(8)5-9/h6-7,10H,2-5H2,1H3/t6-,7+/m0/s1. The van der Waals surface area contributed by atoms with Gasteiger partial charge in [0.05, 0.1) is 6.10 Å². The third-order valence-electron chi connectivity index (χ3n) is 1.74. The number of β-amino-alcohol motifs (C(OH)–C–C–N with tert-alkyl or cyclic N) is 1. The van der Waals surface area contributed by atoms with Crippen LogP contribution in [0.4, 0.5) is 4.39 Å². The van der Waals surface area contributed by atoms with Crippen molar-refractivity contribution in [1.82, 2.24) is 4.90 Å². The van der Waals surface area contributed by atoms with Crippen molar-refractivity contribution in [2.24, 2.45) is 0 Å². The lowest BCUT2D eigenvalue weighted by Gasteiger charge is -2.15. The van der Waals surface area contributed by atoms with E-state index in [0.29, 0.717) is 19.5 Å². The molecule has 10 heavy (non-hydrogen) atoms. The molecule has 0 spiro atoms. The Morgan fingerprint density at radius 2 is 2.50 bits per heavy atom. The van der Waals surface area contributed by atoms with Crippen molar-refractivity contribution in [3.8, 4) is 0 Å². The Bertz CT molecular complexity index is 108. The Morgan fingerprint density at radius 1 is 1.80 bits per heavy atom. The summed E-state index contributed by atoms with van der Waals surface area (Å²) in [5.41, 5.74) is 0. The van der Waals surface area contributed by atoms with E-state index in [4.69, 9.17) is 5.11 Å². The minimum atomic E-state index is -0.668. The van der Waals surface area contributed by atoms with E-state index in [-0.39, 0.29) is 6.10 Å². The quantitative estimate of drug-likeness (QED) is 0.611. The van der Waals surface area contributed by atoms with Crippen LogP contribution in [0.3, 0.4) is 0 Å². The number of likely N-dealkylation sites (tertiary alicyclic amines) is 1. The zero-order chi connectivity index (χ0) is 7.56. The van der Waals surface area contributed by atoms with Gasteiger partial charge in [-0.25, -0.2) is 4.39 Å². The van der Waals surface area contributed by atoms with Gasteiger partial charge in [0.15, 0.2) is 0 Å². The van der Waals surface area contributed by atoms with Crippen molar-refractivity contribution in [2.45, 2.75) is 25.6 Å². The van der Waals surface area contributed by atoms with Crippen LogP contribution >= 0.6 is 0 Å². The molecule has 60 valence electrons. The molecule has 1 heterocycles. The zero-order valence-electron chi connectivity index (χ0n) is 6.26. The van der Waals surface area contributed by atoms with Crippen molar-refractivity contribution >= 4 is 0 Å². The maximum absolute atomic E-state index is 12.5. The molecule has 0 aromatic heterocycles. The molecular weight excluding hydrogens is 133 g/mol. The van der Waals surface area contributed by atoms with Crippen molar-refractivity contribution in [1.29, 1.82) is 0 Å². The van der Waals surface area contributed by atoms with Gasteiger partial charge in [0.1, 0.15) is 6.17 Å². The van der Waals surface area contributed by atoms with Gasteiger partial charge in [0, 0.05) is 19.6 Å². The highest BCUT2D eigenvalue weighted by Crippen LogP contribution is 2.11. The summed E-state index contributed by atoms with van der Waals surface area (Å²) in [5.74, 6) is 0. The van der Waals surface area contributed by atoms with Gasteiger partial charge in [-0.1, -0.05) is 0 Å². The lowest BCUT2D eigenvalue weighted by Crippen LogP contribution is -2.29. The first-order chi connectivity index (χ1) is 4.68. The summed E-state index contributed by atoms with van der Waals surface area (Å²) in [7, 11) is 0. The summed E-state index contributed by atoms with van der Waals surface area (Å²) < 4.78 is 12.5. The minimum Gasteiger partial charge on any atom is -0.392 e. The summed E-state index contributed by atoms with van der Waals surface area (Å²) in [5, 5.41) is 8.93. The molecule has 1 rings (SSSR count). The highest BCUT2D eigenvalue weighted by atomic mass is 19.1. The maximum atomic E-state index is 12.5. The Morgan fingerprint density at radius 3 is 2.90 bits per heavy atom. The van der Waals surface area contributed by atoms with Gasteiger partial charge in [-0.05, 0) is 13.3 Å². The predicted octanol–water partition coefficient (Wildman–Crippen LogP) is 0.411. The first kappa shape index (κ1) is 7.95.